The van der Waals surface area contributed by atoms with E-state index < -0.39 is 0 Å². The Hall–Kier alpha value is -6.00. The van der Waals surface area contributed by atoms with Crippen molar-refractivity contribution in [3.8, 4) is 22.6 Å². The molecule has 220 valence electrons. The number of nitrogens with zero attached hydrogens (tertiary/aromatic N) is 3. The SMILES string of the molecule is Oc1cccc2c3ccccc3n(-c3ccc(-c4ccc(C5=CCCC(c6ccccc6)=NC(c6ccccc6)=N5)cc4)cc3)c12. The van der Waals surface area contributed by atoms with Crippen molar-refractivity contribution in [2.24, 2.45) is 9.98 Å². The van der Waals surface area contributed by atoms with Gasteiger partial charge in [0.1, 0.15) is 5.75 Å². The van der Waals surface area contributed by atoms with Crippen LogP contribution in [0.15, 0.2) is 168 Å². The third kappa shape index (κ3) is 5.10. The minimum absolute atomic E-state index is 0.275. The first kappa shape index (κ1) is 27.5. The molecule has 6 aromatic carbocycles. The zero-order chi connectivity index (χ0) is 30.9. The number of phenolic OH excluding ortho intramolecular Hbond substituents is 1. The highest BCUT2D eigenvalue weighted by atomic mass is 16.3. The molecule has 8 rings (SSSR count). The maximum absolute atomic E-state index is 10.8. The van der Waals surface area contributed by atoms with Crippen LogP contribution >= 0.6 is 0 Å². The van der Waals surface area contributed by atoms with Gasteiger partial charge in [-0.2, -0.15) is 0 Å². The summed E-state index contributed by atoms with van der Waals surface area (Å²) >= 11 is 0. The molecule has 7 aromatic rings. The van der Waals surface area contributed by atoms with Crippen LogP contribution in [-0.4, -0.2) is 21.2 Å². The van der Waals surface area contributed by atoms with Crippen molar-refractivity contribution in [2.45, 2.75) is 12.8 Å². The van der Waals surface area contributed by atoms with E-state index in [1.54, 1.807) is 6.07 Å². The third-order valence-corrected chi connectivity index (χ3v) is 8.64. The third-order valence-electron chi connectivity index (χ3n) is 8.64. The summed E-state index contributed by atoms with van der Waals surface area (Å²) in [7, 11) is 0. The van der Waals surface area contributed by atoms with Crippen molar-refractivity contribution in [1.29, 1.82) is 0 Å². The Morgan fingerprint density at radius 3 is 1.85 bits per heavy atom. The molecule has 1 aliphatic heterocycles. The molecule has 1 N–H and O–H groups in total. The second-order valence-electron chi connectivity index (χ2n) is 11.5. The highest BCUT2D eigenvalue weighted by Gasteiger charge is 2.16. The number of aliphatic imine (C=N–C) groups is 2. The Morgan fingerprint density at radius 1 is 0.500 bits per heavy atom. The predicted molar refractivity (Wildman–Crippen MR) is 191 cm³/mol. The Bertz CT molecular complexity index is 2280. The Balaban J connectivity index is 1.12. The van der Waals surface area contributed by atoms with E-state index in [9.17, 15) is 5.11 Å². The smallest absolute Gasteiger partial charge is 0.160 e. The zero-order valence-electron chi connectivity index (χ0n) is 25.2. The molecule has 0 saturated heterocycles. The molecule has 46 heavy (non-hydrogen) atoms. The number of rotatable bonds is 5. The van der Waals surface area contributed by atoms with Crippen LogP contribution in [-0.2, 0) is 0 Å². The van der Waals surface area contributed by atoms with Crippen LogP contribution < -0.4 is 0 Å². The second kappa shape index (κ2) is 11.8. The highest BCUT2D eigenvalue weighted by Crippen LogP contribution is 2.37. The first-order chi connectivity index (χ1) is 22.7. The highest BCUT2D eigenvalue weighted by molar-refractivity contribution is 6.14. The molecule has 4 nitrogen and oxygen atoms in total. The largest absolute Gasteiger partial charge is 0.506 e. The predicted octanol–water partition coefficient (Wildman–Crippen LogP) is 10.2. The van der Waals surface area contributed by atoms with Gasteiger partial charge >= 0.3 is 0 Å². The summed E-state index contributed by atoms with van der Waals surface area (Å²) < 4.78 is 2.14. The fourth-order valence-corrected chi connectivity index (χ4v) is 6.36. The van der Waals surface area contributed by atoms with Crippen LogP contribution in [0.4, 0.5) is 0 Å². The zero-order valence-corrected chi connectivity index (χ0v) is 25.2. The van der Waals surface area contributed by atoms with Gasteiger partial charge in [-0.3, -0.25) is 0 Å². The van der Waals surface area contributed by atoms with Gasteiger partial charge in [0.25, 0.3) is 0 Å². The molecular formula is C42H31N3O. The van der Waals surface area contributed by atoms with Crippen LogP contribution in [0.1, 0.15) is 29.5 Å². The molecular weight excluding hydrogens is 562 g/mol. The van der Waals surface area contributed by atoms with E-state index in [0.717, 1.165) is 85.4 Å². The fourth-order valence-electron chi connectivity index (χ4n) is 6.36. The number of hydrogen-bond acceptors (Lipinski definition) is 3. The number of fused-ring (bicyclic) bond motifs is 3. The lowest BCUT2D eigenvalue weighted by atomic mass is 10.0. The van der Waals surface area contributed by atoms with Gasteiger partial charge in [0.05, 0.1) is 22.4 Å². The van der Waals surface area contributed by atoms with Gasteiger partial charge in [-0.05, 0) is 59.4 Å². The summed E-state index contributed by atoms with van der Waals surface area (Å²) in [6, 6.07) is 51.7. The molecule has 4 heteroatoms. The molecule has 0 amide bonds. The van der Waals surface area contributed by atoms with E-state index >= 15 is 0 Å². The van der Waals surface area contributed by atoms with Crippen molar-refractivity contribution in [1.82, 2.24) is 4.57 Å². The molecule has 0 bridgehead atoms. The number of hydrogen-bond donors (Lipinski definition) is 1. The molecule has 0 aliphatic carbocycles. The van der Waals surface area contributed by atoms with E-state index in [1.807, 2.05) is 42.5 Å². The van der Waals surface area contributed by atoms with Gasteiger partial charge in [-0.25, -0.2) is 9.98 Å². The quantitative estimate of drug-likeness (QED) is 0.212. The summed E-state index contributed by atoms with van der Waals surface area (Å²) in [5.41, 5.74) is 10.3. The van der Waals surface area contributed by atoms with Gasteiger partial charge in [0.15, 0.2) is 5.84 Å². The van der Waals surface area contributed by atoms with Crippen LogP contribution in [0.2, 0.25) is 0 Å². The minimum Gasteiger partial charge on any atom is -0.506 e. The lowest BCUT2D eigenvalue weighted by Gasteiger charge is -2.13. The lowest BCUT2D eigenvalue weighted by Crippen LogP contribution is -2.09. The summed E-state index contributed by atoms with van der Waals surface area (Å²) in [6.45, 7) is 0. The topological polar surface area (TPSA) is 49.9 Å². The maximum Gasteiger partial charge on any atom is 0.160 e. The van der Waals surface area contributed by atoms with E-state index in [1.165, 1.54) is 0 Å². The lowest BCUT2D eigenvalue weighted by molar-refractivity contribution is 0.480. The standard InChI is InChI=1S/C42H31N3O/c46-40-20-9-16-36-35-15-7-8-19-39(35)45(41(36)40)34-27-25-30(26-28-34)29-21-23-32(24-22-29)38-18-10-17-37(31-11-3-1-4-12-31)43-42(44-38)33-13-5-2-6-14-33/h1-9,11-16,18-28,46H,10,17H2. The molecule has 2 heterocycles. The summed E-state index contributed by atoms with van der Waals surface area (Å²) in [5.74, 6) is 0.998. The first-order valence-electron chi connectivity index (χ1n) is 15.6. The Morgan fingerprint density at radius 2 is 1.11 bits per heavy atom. The molecule has 1 aliphatic rings. The van der Waals surface area contributed by atoms with Gasteiger partial charge in [0.2, 0.25) is 0 Å². The van der Waals surface area contributed by atoms with E-state index in [-0.39, 0.29) is 5.75 Å². The van der Waals surface area contributed by atoms with Gasteiger partial charge in [0, 0.05) is 22.0 Å². The van der Waals surface area contributed by atoms with Crippen LogP contribution in [0.5, 0.6) is 5.75 Å². The molecule has 0 fully saturated rings. The molecule has 0 atom stereocenters. The number of benzene rings is 6. The average molecular weight is 594 g/mol. The van der Waals surface area contributed by atoms with Gasteiger partial charge in [-0.15, -0.1) is 0 Å². The normalized spacial score (nSPS) is 13.5. The molecule has 1 aromatic heterocycles. The monoisotopic (exact) mass is 593 g/mol. The van der Waals surface area contributed by atoms with Crippen molar-refractivity contribution in [3.63, 3.8) is 0 Å². The number of allylic oxidation sites excluding steroid dienone is 1. The van der Waals surface area contributed by atoms with E-state index in [2.05, 4.69) is 114 Å². The molecule has 0 radical (unpaired) electrons. The van der Waals surface area contributed by atoms with E-state index in [0.29, 0.717) is 0 Å². The van der Waals surface area contributed by atoms with Crippen LogP contribution in [0.3, 0.4) is 0 Å². The summed E-state index contributed by atoms with van der Waals surface area (Å²) in [6.07, 6.45) is 3.93. The summed E-state index contributed by atoms with van der Waals surface area (Å²) in [5, 5.41) is 13.0. The molecule has 0 saturated carbocycles. The Kier molecular flexibility index (Phi) is 7.08. The number of aromatic nitrogens is 1. The van der Waals surface area contributed by atoms with E-state index in [4.69, 9.17) is 9.98 Å². The van der Waals surface area contributed by atoms with Crippen molar-refractivity contribution in [2.75, 3.05) is 0 Å². The van der Waals surface area contributed by atoms with Gasteiger partial charge in [-0.1, -0.05) is 133 Å². The summed E-state index contributed by atoms with van der Waals surface area (Å²) in [4.78, 5) is 10.2. The minimum atomic E-state index is 0.275. The second-order valence-corrected chi connectivity index (χ2v) is 11.5. The van der Waals surface area contributed by atoms with Crippen LogP contribution in [0.25, 0.3) is 44.3 Å². The number of aromatic hydroxyl groups is 1. The molecule has 0 unspecified atom stereocenters. The fraction of sp³-hybridized carbons (Fsp3) is 0.0476. The van der Waals surface area contributed by atoms with Crippen LogP contribution in [0, 0.1) is 0 Å². The number of amidine groups is 1. The Labute approximate surface area is 268 Å². The van der Waals surface area contributed by atoms with Crippen molar-refractivity contribution in [3.05, 3.63) is 174 Å². The number of para-hydroxylation sites is 2. The average Bonchev–Trinajstić information content (AvgIpc) is 3.45. The van der Waals surface area contributed by atoms with Crippen molar-refractivity contribution >= 4 is 39.1 Å². The first-order valence-corrected chi connectivity index (χ1v) is 15.6. The molecule has 0 spiro atoms. The van der Waals surface area contributed by atoms with Gasteiger partial charge < -0.3 is 9.67 Å². The number of phenols is 1. The van der Waals surface area contributed by atoms with Crippen molar-refractivity contribution < 1.29 is 5.11 Å². The maximum atomic E-state index is 10.8.